The molecule has 0 radical (unpaired) electrons. The zero-order chi connectivity index (χ0) is 11.8. The number of rotatable bonds is 5. The van der Waals surface area contributed by atoms with Gasteiger partial charge in [-0.05, 0) is 18.9 Å². The van der Waals surface area contributed by atoms with Crippen LogP contribution < -0.4 is 5.32 Å². The molecule has 0 bridgehead atoms. The minimum atomic E-state index is -0.0353. The van der Waals surface area contributed by atoms with Gasteiger partial charge in [0.1, 0.15) is 0 Å². The van der Waals surface area contributed by atoms with E-state index in [-0.39, 0.29) is 5.91 Å². The van der Waals surface area contributed by atoms with Gasteiger partial charge in [0.2, 0.25) is 5.91 Å². The van der Waals surface area contributed by atoms with Gasteiger partial charge in [0.15, 0.2) is 0 Å². The maximum Gasteiger partial charge on any atom is 0.220 e. The first kappa shape index (κ1) is 12.2. The summed E-state index contributed by atoms with van der Waals surface area (Å²) in [5, 5.41) is 14.2. The van der Waals surface area contributed by atoms with Crippen LogP contribution in [0.3, 0.4) is 0 Å². The van der Waals surface area contributed by atoms with Gasteiger partial charge in [-0.1, -0.05) is 35.5 Å². The molecule has 0 aliphatic carbocycles. The number of oxime groups is 1. The van der Waals surface area contributed by atoms with E-state index in [4.69, 9.17) is 5.21 Å². The SMILES string of the molecule is CC(CCC(=O)NCc1ccccc1)=NO. The molecule has 0 spiro atoms. The molecule has 2 N–H and O–H groups in total. The van der Waals surface area contributed by atoms with Crippen LogP contribution in [0.25, 0.3) is 0 Å². The molecule has 0 saturated heterocycles. The predicted octanol–water partition coefficient (Wildman–Crippen LogP) is 1.93. The second-order valence-corrected chi connectivity index (χ2v) is 3.60. The fourth-order valence-corrected chi connectivity index (χ4v) is 1.23. The lowest BCUT2D eigenvalue weighted by Crippen LogP contribution is -2.22. The Morgan fingerprint density at radius 1 is 1.31 bits per heavy atom. The maximum absolute atomic E-state index is 11.4. The first-order valence-corrected chi connectivity index (χ1v) is 5.20. The lowest BCUT2D eigenvalue weighted by molar-refractivity contribution is -0.121. The van der Waals surface area contributed by atoms with Crippen molar-refractivity contribution in [2.24, 2.45) is 5.16 Å². The second kappa shape index (κ2) is 6.61. The van der Waals surface area contributed by atoms with Gasteiger partial charge >= 0.3 is 0 Å². The minimum absolute atomic E-state index is 0.0353. The molecular formula is C12H16N2O2. The van der Waals surface area contributed by atoms with Crippen molar-refractivity contribution in [1.29, 1.82) is 0 Å². The first-order chi connectivity index (χ1) is 7.72. The quantitative estimate of drug-likeness (QED) is 0.452. The van der Waals surface area contributed by atoms with E-state index in [0.29, 0.717) is 25.1 Å². The molecule has 16 heavy (non-hydrogen) atoms. The van der Waals surface area contributed by atoms with Crippen LogP contribution in [-0.2, 0) is 11.3 Å². The van der Waals surface area contributed by atoms with Gasteiger partial charge in [0.25, 0.3) is 0 Å². The van der Waals surface area contributed by atoms with Crippen LogP contribution in [0.1, 0.15) is 25.3 Å². The summed E-state index contributed by atoms with van der Waals surface area (Å²) >= 11 is 0. The summed E-state index contributed by atoms with van der Waals surface area (Å²) < 4.78 is 0. The van der Waals surface area contributed by atoms with Gasteiger partial charge < -0.3 is 10.5 Å². The third-order valence-corrected chi connectivity index (χ3v) is 2.22. The molecule has 1 amide bonds. The molecule has 1 aromatic rings. The largest absolute Gasteiger partial charge is 0.411 e. The number of carbonyl (C=O) groups is 1. The Morgan fingerprint density at radius 3 is 2.62 bits per heavy atom. The summed E-state index contributed by atoms with van der Waals surface area (Å²) in [5.41, 5.74) is 1.64. The molecule has 1 aromatic carbocycles. The topological polar surface area (TPSA) is 61.7 Å². The Hall–Kier alpha value is -1.84. The van der Waals surface area contributed by atoms with Crippen molar-refractivity contribution in [3.8, 4) is 0 Å². The highest BCUT2D eigenvalue weighted by atomic mass is 16.4. The Labute approximate surface area is 95.0 Å². The van der Waals surface area contributed by atoms with E-state index in [2.05, 4.69) is 10.5 Å². The van der Waals surface area contributed by atoms with Crippen LogP contribution in [0.5, 0.6) is 0 Å². The van der Waals surface area contributed by atoms with Crippen LogP contribution in [0.2, 0.25) is 0 Å². The van der Waals surface area contributed by atoms with Crippen molar-refractivity contribution >= 4 is 11.6 Å². The minimum Gasteiger partial charge on any atom is -0.411 e. The monoisotopic (exact) mass is 220 g/mol. The summed E-state index contributed by atoms with van der Waals surface area (Å²) in [6, 6.07) is 9.72. The highest BCUT2D eigenvalue weighted by molar-refractivity contribution is 5.86. The molecule has 0 aliphatic rings. The number of nitrogens with zero attached hydrogens (tertiary/aromatic N) is 1. The van der Waals surface area contributed by atoms with Gasteiger partial charge in [0.05, 0.1) is 5.71 Å². The molecule has 1 rings (SSSR count). The third-order valence-electron chi connectivity index (χ3n) is 2.22. The standard InChI is InChI=1S/C12H16N2O2/c1-10(14-16)7-8-12(15)13-9-11-5-3-2-4-6-11/h2-6,16H,7-9H2,1H3,(H,13,15). The zero-order valence-corrected chi connectivity index (χ0v) is 9.31. The predicted molar refractivity (Wildman–Crippen MR) is 62.4 cm³/mol. The molecule has 0 atom stereocenters. The number of hydrogen-bond acceptors (Lipinski definition) is 3. The summed E-state index contributed by atoms with van der Waals surface area (Å²) in [5.74, 6) is -0.0353. The van der Waals surface area contributed by atoms with E-state index in [9.17, 15) is 4.79 Å². The smallest absolute Gasteiger partial charge is 0.220 e. The van der Waals surface area contributed by atoms with Gasteiger partial charge in [-0.3, -0.25) is 4.79 Å². The summed E-state index contributed by atoms with van der Waals surface area (Å²) in [6.45, 7) is 2.22. The summed E-state index contributed by atoms with van der Waals surface area (Å²) in [4.78, 5) is 11.4. The highest BCUT2D eigenvalue weighted by Crippen LogP contribution is 1.98. The number of carbonyl (C=O) groups excluding carboxylic acids is 1. The van der Waals surface area contributed by atoms with Crippen molar-refractivity contribution in [2.75, 3.05) is 0 Å². The molecule has 86 valence electrons. The van der Waals surface area contributed by atoms with E-state index in [1.165, 1.54) is 0 Å². The maximum atomic E-state index is 11.4. The van der Waals surface area contributed by atoms with Crippen LogP contribution in [0.4, 0.5) is 0 Å². The number of amides is 1. The number of nitrogens with one attached hydrogen (secondary N) is 1. The Kier molecular flexibility index (Phi) is 5.05. The Bertz CT molecular complexity index is 361. The van der Waals surface area contributed by atoms with Gasteiger partial charge in [-0.15, -0.1) is 0 Å². The number of hydrogen-bond donors (Lipinski definition) is 2. The van der Waals surface area contributed by atoms with Crippen molar-refractivity contribution in [3.05, 3.63) is 35.9 Å². The van der Waals surface area contributed by atoms with E-state index in [1.807, 2.05) is 30.3 Å². The fourth-order valence-electron chi connectivity index (χ4n) is 1.23. The molecule has 0 heterocycles. The highest BCUT2D eigenvalue weighted by Gasteiger charge is 2.02. The fraction of sp³-hybridized carbons (Fsp3) is 0.333. The normalized spacial score (nSPS) is 11.2. The van der Waals surface area contributed by atoms with E-state index in [1.54, 1.807) is 6.92 Å². The van der Waals surface area contributed by atoms with E-state index in [0.717, 1.165) is 5.56 Å². The summed E-state index contributed by atoms with van der Waals surface area (Å²) in [6.07, 6.45) is 0.833. The lowest BCUT2D eigenvalue weighted by atomic mass is 10.2. The molecule has 0 aromatic heterocycles. The number of benzene rings is 1. The first-order valence-electron chi connectivity index (χ1n) is 5.20. The molecule has 0 fully saturated rings. The average molecular weight is 220 g/mol. The van der Waals surface area contributed by atoms with Gasteiger partial charge in [-0.2, -0.15) is 0 Å². The van der Waals surface area contributed by atoms with Crippen LogP contribution >= 0.6 is 0 Å². The zero-order valence-electron chi connectivity index (χ0n) is 9.31. The lowest BCUT2D eigenvalue weighted by Gasteiger charge is -2.04. The average Bonchev–Trinajstić information content (AvgIpc) is 2.34. The van der Waals surface area contributed by atoms with Crippen LogP contribution in [0.15, 0.2) is 35.5 Å². The van der Waals surface area contributed by atoms with E-state index < -0.39 is 0 Å². The van der Waals surface area contributed by atoms with Gasteiger partial charge in [-0.25, -0.2) is 0 Å². The molecule has 0 unspecified atom stereocenters. The molecular weight excluding hydrogens is 204 g/mol. The van der Waals surface area contributed by atoms with Crippen molar-refractivity contribution < 1.29 is 10.0 Å². The van der Waals surface area contributed by atoms with Crippen molar-refractivity contribution in [3.63, 3.8) is 0 Å². The van der Waals surface area contributed by atoms with Gasteiger partial charge in [0, 0.05) is 13.0 Å². The third kappa shape index (κ3) is 4.59. The second-order valence-electron chi connectivity index (χ2n) is 3.60. The summed E-state index contributed by atoms with van der Waals surface area (Å²) in [7, 11) is 0. The molecule has 4 nitrogen and oxygen atoms in total. The van der Waals surface area contributed by atoms with Crippen LogP contribution in [0, 0.1) is 0 Å². The molecule has 0 aliphatic heterocycles. The Balaban J connectivity index is 2.26. The van der Waals surface area contributed by atoms with E-state index >= 15 is 0 Å². The van der Waals surface area contributed by atoms with Crippen molar-refractivity contribution in [1.82, 2.24) is 5.32 Å². The Morgan fingerprint density at radius 2 is 2.00 bits per heavy atom. The van der Waals surface area contributed by atoms with Crippen LogP contribution in [-0.4, -0.2) is 16.8 Å². The molecule has 4 heteroatoms. The van der Waals surface area contributed by atoms with Crippen molar-refractivity contribution in [2.45, 2.75) is 26.3 Å². The molecule has 0 saturated carbocycles.